The third-order valence-corrected chi connectivity index (χ3v) is 3.33. The molecule has 92 valence electrons. The Morgan fingerprint density at radius 2 is 2.18 bits per heavy atom. The van der Waals surface area contributed by atoms with Crippen LogP contribution in [-0.4, -0.2) is 25.5 Å². The van der Waals surface area contributed by atoms with Crippen LogP contribution in [0.3, 0.4) is 0 Å². The predicted molar refractivity (Wildman–Crippen MR) is 68.4 cm³/mol. The highest BCUT2D eigenvalue weighted by molar-refractivity contribution is 9.10. The van der Waals surface area contributed by atoms with Gasteiger partial charge in [0.1, 0.15) is 5.82 Å². The lowest BCUT2D eigenvalue weighted by Crippen LogP contribution is -2.29. The monoisotopic (exact) mass is 301 g/mol. The zero-order valence-electron chi connectivity index (χ0n) is 9.17. The van der Waals surface area contributed by atoms with Crippen LogP contribution >= 0.6 is 15.9 Å². The fraction of sp³-hybridized carbons (Fsp3) is 0.364. The lowest BCUT2D eigenvalue weighted by atomic mass is 10.2. The Balaban J connectivity index is 2.27. The van der Waals surface area contributed by atoms with E-state index in [0.29, 0.717) is 41.9 Å². The Hall–Kier alpha value is -1.30. The number of nitrogens with one attached hydrogen (secondary N) is 1. The Morgan fingerprint density at radius 1 is 1.41 bits per heavy atom. The summed E-state index contributed by atoms with van der Waals surface area (Å²) < 4.78 is 13.8. The first-order valence-electron chi connectivity index (χ1n) is 5.34. The van der Waals surface area contributed by atoms with Crippen LogP contribution in [0.1, 0.15) is 6.42 Å². The molecule has 0 unspecified atom stereocenters. The van der Waals surface area contributed by atoms with Gasteiger partial charge in [-0.3, -0.25) is 4.79 Å². The molecule has 0 radical (unpaired) electrons. The predicted octanol–water partition coefficient (Wildman–Crippen LogP) is 1.50. The van der Waals surface area contributed by atoms with Crippen LogP contribution in [0.4, 0.5) is 15.8 Å². The summed E-state index contributed by atoms with van der Waals surface area (Å²) in [6.45, 7) is 1.74. The summed E-state index contributed by atoms with van der Waals surface area (Å²) >= 11 is 3.09. The smallest absolute Gasteiger partial charge is 0.221 e. The molecule has 0 saturated carbocycles. The van der Waals surface area contributed by atoms with Crippen LogP contribution in [0.2, 0.25) is 0 Å². The summed E-state index contributed by atoms with van der Waals surface area (Å²) in [5.74, 6) is -0.332. The van der Waals surface area contributed by atoms with Crippen molar-refractivity contribution in [3.63, 3.8) is 0 Å². The number of benzene rings is 1. The highest BCUT2D eigenvalue weighted by Gasteiger charge is 2.17. The number of carbonyl (C=O) groups excluding carboxylic acids is 1. The quantitative estimate of drug-likeness (QED) is 0.773. The molecule has 4 nitrogen and oxygen atoms in total. The van der Waals surface area contributed by atoms with Crippen molar-refractivity contribution in [2.24, 2.45) is 0 Å². The number of nitrogen functional groups attached to an aromatic ring is 1. The molecule has 0 aliphatic carbocycles. The second-order valence-electron chi connectivity index (χ2n) is 3.91. The third-order valence-electron chi connectivity index (χ3n) is 2.72. The lowest BCUT2D eigenvalue weighted by Gasteiger charge is -2.23. The maximum atomic E-state index is 13.5. The van der Waals surface area contributed by atoms with Gasteiger partial charge in [-0.15, -0.1) is 0 Å². The Bertz CT molecular complexity index is 453. The fourth-order valence-electron chi connectivity index (χ4n) is 1.83. The molecule has 0 bridgehead atoms. The molecule has 1 aromatic rings. The summed E-state index contributed by atoms with van der Waals surface area (Å²) in [7, 11) is 0. The molecule has 0 atom stereocenters. The molecule has 1 aromatic carbocycles. The number of hydrogen-bond acceptors (Lipinski definition) is 3. The number of halogens is 2. The molecular formula is C11H13BrFN3O. The molecule has 2 rings (SSSR count). The summed E-state index contributed by atoms with van der Waals surface area (Å²) in [5.41, 5.74) is 7.01. The lowest BCUT2D eigenvalue weighted by molar-refractivity contribution is -0.120. The molecule has 1 amide bonds. The highest BCUT2D eigenvalue weighted by atomic mass is 79.9. The van der Waals surface area contributed by atoms with Crippen LogP contribution in [0, 0.1) is 5.82 Å². The minimum atomic E-state index is -0.349. The number of amides is 1. The Kier molecular flexibility index (Phi) is 3.51. The molecular weight excluding hydrogens is 289 g/mol. The van der Waals surface area contributed by atoms with Crippen molar-refractivity contribution in [3.8, 4) is 0 Å². The van der Waals surface area contributed by atoms with Crippen LogP contribution in [0.25, 0.3) is 0 Å². The molecule has 0 aromatic heterocycles. The topological polar surface area (TPSA) is 58.4 Å². The number of nitrogens with zero attached hydrogens (tertiary/aromatic N) is 1. The van der Waals surface area contributed by atoms with Crippen molar-refractivity contribution in [2.45, 2.75) is 6.42 Å². The van der Waals surface area contributed by atoms with Crippen LogP contribution < -0.4 is 16.0 Å². The molecule has 1 heterocycles. The third kappa shape index (κ3) is 2.69. The van der Waals surface area contributed by atoms with Crippen molar-refractivity contribution in [1.29, 1.82) is 0 Å². The van der Waals surface area contributed by atoms with E-state index in [0.717, 1.165) is 0 Å². The highest BCUT2D eigenvalue weighted by Crippen LogP contribution is 2.29. The number of hydrogen-bond donors (Lipinski definition) is 2. The molecule has 17 heavy (non-hydrogen) atoms. The summed E-state index contributed by atoms with van der Waals surface area (Å²) in [6, 6.07) is 2.94. The first kappa shape index (κ1) is 12.2. The van der Waals surface area contributed by atoms with Gasteiger partial charge in [0.05, 0.1) is 15.8 Å². The first-order chi connectivity index (χ1) is 8.08. The number of rotatable bonds is 1. The van der Waals surface area contributed by atoms with Gasteiger partial charge in [0.15, 0.2) is 0 Å². The maximum absolute atomic E-state index is 13.5. The Morgan fingerprint density at radius 3 is 2.94 bits per heavy atom. The van der Waals surface area contributed by atoms with E-state index in [4.69, 9.17) is 5.73 Å². The fourth-order valence-corrected chi connectivity index (χ4v) is 2.19. The molecule has 6 heteroatoms. The summed E-state index contributed by atoms with van der Waals surface area (Å²) in [6.07, 6.45) is 0.400. The molecule has 1 aliphatic rings. The standard InChI is InChI=1S/C11H13BrFN3O/c12-7-5-9(14)10(6-8(7)13)16-3-1-11(17)15-2-4-16/h5-6H,1-4,14H2,(H,15,17). The van der Waals surface area contributed by atoms with Crippen LogP contribution in [0.5, 0.6) is 0 Å². The summed E-state index contributed by atoms with van der Waals surface area (Å²) in [4.78, 5) is 13.1. The van der Waals surface area contributed by atoms with E-state index in [2.05, 4.69) is 21.2 Å². The number of nitrogens with two attached hydrogens (primary N) is 1. The molecule has 1 saturated heterocycles. The second-order valence-corrected chi connectivity index (χ2v) is 4.77. The molecule has 0 spiro atoms. The second kappa shape index (κ2) is 4.91. The number of anilines is 2. The largest absolute Gasteiger partial charge is 0.397 e. The van der Waals surface area contributed by atoms with Gasteiger partial charge < -0.3 is 16.0 Å². The normalized spacial score (nSPS) is 16.6. The van der Waals surface area contributed by atoms with Crippen molar-refractivity contribution in [3.05, 3.63) is 22.4 Å². The average Bonchev–Trinajstić information content (AvgIpc) is 2.49. The van der Waals surface area contributed by atoms with E-state index >= 15 is 0 Å². The number of carbonyl (C=O) groups is 1. The van der Waals surface area contributed by atoms with Gasteiger partial charge in [-0.1, -0.05) is 0 Å². The van der Waals surface area contributed by atoms with Gasteiger partial charge in [-0.25, -0.2) is 4.39 Å². The van der Waals surface area contributed by atoms with E-state index in [1.54, 1.807) is 6.07 Å². The zero-order chi connectivity index (χ0) is 12.4. The molecule has 1 fully saturated rings. The van der Waals surface area contributed by atoms with Crippen molar-refractivity contribution in [1.82, 2.24) is 5.32 Å². The van der Waals surface area contributed by atoms with Crippen LogP contribution in [-0.2, 0) is 4.79 Å². The van der Waals surface area contributed by atoms with E-state index in [9.17, 15) is 9.18 Å². The minimum Gasteiger partial charge on any atom is -0.397 e. The SMILES string of the molecule is Nc1cc(Br)c(F)cc1N1CCNC(=O)CC1. The van der Waals surface area contributed by atoms with E-state index < -0.39 is 0 Å². The minimum absolute atomic E-state index is 0.0173. The van der Waals surface area contributed by atoms with E-state index in [1.807, 2.05) is 4.90 Å². The van der Waals surface area contributed by atoms with Crippen molar-refractivity contribution >= 4 is 33.2 Å². The maximum Gasteiger partial charge on any atom is 0.221 e. The average molecular weight is 302 g/mol. The van der Waals surface area contributed by atoms with Gasteiger partial charge in [0.2, 0.25) is 5.91 Å². The van der Waals surface area contributed by atoms with Crippen LogP contribution in [0.15, 0.2) is 16.6 Å². The Labute approximate surface area is 107 Å². The van der Waals surface area contributed by atoms with Gasteiger partial charge in [-0.05, 0) is 22.0 Å². The first-order valence-corrected chi connectivity index (χ1v) is 6.13. The van der Waals surface area contributed by atoms with Gasteiger partial charge >= 0.3 is 0 Å². The molecule has 1 aliphatic heterocycles. The summed E-state index contributed by atoms with van der Waals surface area (Å²) in [5, 5.41) is 2.77. The van der Waals surface area contributed by atoms with E-state index in [-0.39, 0.29) is 11.7 Å². The van der Waals surface area contributed by atoms with Gasteiger partial charge in [-0.2, -0.15) is 0 Å². The zero-order valence-corrected chi connectivity index (χ0v) is 10.8. The van der Waals surface area contributed by atoms with E-state index in [1.165, 1.54) is 6.07 Å². The van der Waals surface area contributed by atoms with Gasteiger partial charge in [0, 0.05) is 32.1 Å². The molecule has 3 N–H and O–H groups in total. The van der Waals surface area contributed by atoms with Gasteiger partial charge in [0.25, 0.3) is 0 Å². The van der Waals surface area contributed by atoms with Crippen molar-refractivity contribution < 1.29 is 9.18 Å². The van der Waals surface area contributed by atoms with Crippen molar-refractivity contribution in [2.75, 3.05) is 30.3 Å².